The van der Waals surface area contributed by atoms with E-state index in [-0.39, 0.29) is 0 Å². The van der Waals surface area contributed by atoms with Gasteiger partial charge in [0, 0.05) is 38.2 Å². The summed E-state index contributed by atoms with van der Waals surface area (Å²) in [5.74, 6) is 0. The van der Waals surface area contributed by atoms with Gasteiger partial charge in [-0.1, -0.05) is 12.1 Å². The van der Waals surface area contributed by atoms with Gasteiger partial charge in [-0.2, -0.15) is 5.10 Å². The van der Waals surface area contributed by atoms with Gasteiger partial charge in [-0.25, -0.2) is 14.6 Å². The van der Waals surface area contributed by atoms with Crippen LogP contribution in [0.4, 0.5) is 0 Å². The topological polar surface area (TPSA) is 46.8 Å². The van der Waals surface area contributed by atoms with Crippen molar-refractivity contribution in [3.05, 3.63) is 72.1 Å². The second-order valence-corrected chi connectivity index (χ2v) is 5.57. The standard InChI is InChI=1S/C17H17N5/c1-7-20-22(8-1)16-4-2-14(3-5-16)11-21-9-6-15-10-18-13-19-17(15)12-21/h1-5,7-8,10,13H,6,9,11-12H2. The van der Waals surface area contributed by atoms with Gasteiger partial charge in [0.2, 0.25) is 0 Å². The first-order valence-electron chi connectivity index (χ1n) is 7.47. The Bertz CT molecular complexity index is 749. The monoisotopic (exact) mass is 291 g/mol. The summed E-state index contributed by atoms with van der Waals surface area (Å²) in [4.78, 5) is 10.9. The van der Waals surface area contributed by atoms with Gasteiger partial charge >= 0.3 is 0 Å². The number of hydrogen-bond acceptors (Lipinski definition) is 4. The lowest BCUT2D eigenvalue weighted by atomic mass is 10.1. The Hall–Kier alpha value is -2.53. The van der Waals surface area contributed by atoms with Gasteiger partial charge in [-0.15, -0.1) is 0 Å². The zero-order valence-corrected chi connectivity index (χ0v) is 12.3. The molecule has 1 aromatic carbocycles. The molecule has 110 valence electrons. The van der Waals surface area contributed by atoms with Crippen LogP contribution in [0.5, 0.6) is 0 Å². The summed E-state index contributed by atoms with van der Waals surface area (Å²) >= 11 is 0. The van der Waals surface area contributed by atoms with E-state index in [2.05, 4.69) is 44.2 Å². The molecular weight excluding hydrogens is 274 g/mol. The van der Waals surface area contributed by atoms with Crippen LogP contribution in [0.2, 0.25) is 0 Å². The molecule has 0 amide bonds. The number of benzene rings is 1. The van der Waals surface area contributed by atoms with Crippen molar-refractivity contribution in [3.63, 3.8) is 0 Å². The fourth-order valence-corrected chi connectivity index (χ4v) is 2.87. The van der Waals surface area contributed by atoms with E-state index in [1.54, 1.807) is 12.5 Å². The molecule has 3 heterocycles. The molecule has 3 aromatic rings. The van der Waals surface area contributed by atoms with Gasteiger partial charge in [0.25, 0.3) is 0 Å². The summed E-state index contributed by atoms with van der Waals surface area (Å²) in [6.07, 6.45) is 8.36. The van der Waals surface area contributed by atoms with Crippen LogP contribution in [0.3, 0.4) is 0 Å². The molecule has 1 aliphatic heterocycles. The second kappa shape index (κ2) is 5.69. The summed E-state index contributed by atoms with van der Waals surface area (Å²) in [5, 5.41) is 4.25. The molecule has 0 fully saturated rings. The average Bonchev–Trinajstić information content (AvgIpc) is 3.10. The average molecular weight is 291 g/mol. The lowest BCUT2D eigenvalue weighted by Crippen LogP contribution is -2.30. The highest BCUT2D eigenvalue weighted by molar-refractivity contribution is 5.33. The number of fused-ring (bicyclic) bond motifs is 1. The first kappa shape index (κ1) is 13.2. The van der Waals surface area contributed by atoms with E-state index in [1.807, 2.05) is 23.1 Å². The molecule has 0 bridgehead atoms. The van der Waals surface area contributed by atoms with E-state index in [9.17, 15) is 0 Å². The van der Waals surface area contributed by atoms with Crippen molar-refractivity contribution >= 4 is 0 Å². The van der Waals surface area contributed by atoms with Crippen LogP contribution in [-0.2, 0) is 19.5 Å². The minimum Gasteiger partial charge on any atom is -0.293 e. The molecule has 0 atom stereocenters. The first-order valence-corrected chi connectivity index (χ1v) is 7.47. The molecule has 22 heavy (non-hydrogen) atoms. The van der Waals surface area contributed by atoms with E-state index in [4.69, 9.17) is 0 Å². The third-order valence-electron chi connectivity index (χ3n) is 4.06. The smallest absolute Gasteiger partial charge is 0.115 e. The van der Waals surface area contributed by atoms with Crippen molar-refractivity contribution in [2.45, 2.75) is 19.5 Å². The fourth-order valence-electron chi connectivity index (χ4n) is 2.87. The highest BCUT2D eigenvalue weighted by Crippen LogP contribution is 2.18. The largest absolute Gasteiger partial charge is 0.293 e. The molecular formula is C17H17N5. The van der Waals surface area contributed by atoms with E-state index in [1.165, 1.54) is 11.1 Å². The molecule has 5 heteroatoms. The second-order valence-electron chi connectivity index (χ2n) is 5.57. The van der Waals surface area contributed by atoms with Crippen molar-refractivity contribution in [1.82, 2.24) is 24.6 Å². The van der Waals surface area contributed by atoms with Crippen molar-refractivity contribution in [3.8, 4) is 5.69 Å². The zero-order chi connectivity index (χ0) is 14.8. The highest BCUT2D eigenvalue weighted by Gasteiger charge is 2.17. The van der Waals surface area contributed by atoms with Gasteiger partial charge < -0.3 is 0 Å². The number of aromatic nitrogens is 4. The minimum atomic E-state index is 0.902. The van der Waals surface area contributed by atoms with Gasteiger partial charge in [0.1, 0.15) is 6.33 Å². The fraction of sp³-hybridized carbons (Fsp3) is 0.235. The normalized spacial score (nSPS) is 14.7. The van der Waals surface area contributed by atoms with Crippen LogP contribution in [0.15, 0.2) is 55.2 Å². The molecule has 0 unspecified atom stereocenters. The summed E-state index contributed by atoms with van der Waals surface area (Å²) in [6.45, 7) is 2.91. The number of hydrogen-bond donors (Lipinski definition) is 0. The van der Waals surface area contributed by atoms with Crippen LogP contribution in [0.25, 0.3) is 5.69 Å². The van der Waals surface area contributed by atoms with Crippen molar-refractivity contribution in [1.29, 1.82) is 0 Å². The Kier molecular flexibility index (Phi) is 3.40. The Morgan fingerprint density at radius 1 is 1.14 bits per heavy atom. The van der Waals surface area contributed by atoms with E-state index in [0.717, 1.165) is 37.4 Å². The molecule has 0 saturated carbocycles. The Morgan fingerprint density at radius 2 is 2.05 bits per heavy atom. The van der Waals surface area contributed by atoms with Crippen molar-refractivity contribution in [2.75, 3.05) is 6.54 Å². The quantitative estimate of drug-likeness (QED) is 0.742. The molecule has 2 aromatic heterocycles. The van der Waals surface area contributed by atoms with Crippen LogP contribution in [-0.4, -0.2) is 31.2 Å². The SMILES string of the molecule is c1cnn(-c2ccc(CN3CCc4cncnc4C3)cc2)c1. The predicted octanol–water partition coefficient (Wildman–Crippen LogP) is 2.22. The highest BCUT2D eigenvalue weighted by atomic mass is 15.3. The zero-order valence-electron chi connectivity index (χ0n) is 12.3. The third-order valence-corrected chi connectivity index (χ3v) is 4.06. The summed E-state index contributed by atoms with van der Waals surface area (Å²) in [6, 6.07) is 10.5. The molecule has 0 saturated heterocycles. The molecule has 1 aliphatic rings. The molecule has 0 N–H and O–H groups in total. The van der Waals surface area contributed by atoms with E-state index < -0.39 is 0 Å². The maximum Gasteiger partial charge on any atom is 0.115 e. The Morgan fingerprint density at radius 3 is 2.86 bits per heavy atom. The van der Waals surface area contributed by atoms with E-state index >= 15 is 0 Å². The van der Waals surface area contributed by atoms with Crippen LogP contribution in [0.1, 0.15) is 16.8 Å². The Labute approximate surface area is 129 Å². The van der Waals surface area contributed by atoms with Gasteiger partial charge in [-0.3, -0.25) is 4.90 Å². The van der Waals surface area contributed by atoms with Crippen LogP contribution in [0, 0.1) is 0 Å². The van der Waals surface area contributed by atoms with Crippen molar-refractivity contribution < 1.29 is 0 Å². The maximum atomic E-state index is 4.39. The summed E-state index contributed by atoms with van der Waals surface area (Å²) < 4.78 is 1.87. The minimum absolute atomic E-state index is 0.902. The molecule has 5 nitrogen and oxygen atoms in total. The number of rotatable bonds is 3. The van der Waals surface area contributed by atoms with Crippen molar-refractivity contribution in [2.24, 2.45) is 0 Å². The van der Waals surface area contributed by atoms with E-state index in [0.29, 0.717) is 0 Å². The molecule has 0 radical (unpaired) electrons. The molecule has 0 aliphatic carbocycles. The Balaban J connectivity index is 1.46. The van der Waals surface area contributed by atoms with Gasteiger partial charge in [0.15, 0.2) is 0 Å². The number of nitrogens with zero attached hydrogens (tertiary/aromatic N) is 5. The first-order chi connectivity index (χ1) is 10.9. The lowest BCUT2D eigenvalue weighted by Gasteiger charge is -2.27. The lowest BCUT2D eigenvalue weighted by molar-refractivity contribution is 0.241. The molecule has 0 spiro atoms. The van der Waals surface area contributed by atoms with Crippen LogP contribution < -0.4 is 0 Å². The summed E-state index contributed by atoms with van der Waals surface area (Å²) in [5.41, 5.74) is 4.85. The summed E-state index contributed by atoms with van der Waals surface area (Å²) in [7, 11) is 0. The third kappa shape index (κ3) is 2.63. The molecule has 4 rings (SSSR count). The van der Waals surface area contributed by atoms with Gasteiger partial charge in [0.05, 0.1) is 11.4 Å². The maximum absolute atomic E-state index is 4.39. The van der Waals surface area contributed by atoms with Gasteiger partial charge in [-0.05, 0) is 35.7 Å². The van der Waals surface area contributed by atoms with Crippen LogP contribution >= 0.6 is 0 Å². The predicted molar refractivity (Wildman–Crippen MR) is 83.4 cm³/mol.